The van der Waals surface area contributed by atoms with Crippen LogP contribution in [-0.2, 0) is 10.1 Å². The molecular formula is C12H8N6O3S2. The minimum absolute atomic E-state index is 0.0547. The van der Waals surface area contributed by atoms with E-state index in [1.54, 1.807) is 6.92 Å². The summed E-state index contributed by atoms with van der Waals surface area (Å²) in [4.78, 5) is 4.06. The van der Waals surface area contributed by atoms with E-state index >= 15 is 0 Å². The molecule has 0 bridgehead atoms. The fraction of sp³-hybridized carbons (Fsp3) is 0.0833. The SMILES string of the molecule is Cc1nn(-c2nc3ccc(S(=O)(=O)O)cc3s2)c(N=N)c1C#N. The monoisotopic (exact) mass is 348 g/mol. The van der Waals surface area contributed by atoms with Gasteiger partial charge in [0.25, 0.3) is 10.1 Å². The maximum atomic E-state index is 11.2. The van der Waals surface area contributed by atoms with Gasteiger partial charge >= 0.3 is 0 Å². The first kappa shape index (κ1) is 15.2. The van der Waals surface area contributed by atoms with Gasteiger partial charge < -0.3 is 0 Å². The van der Waals surface area contributed by atoms with Crippen LogP contribution in [0, 0.1) is 23.8 Å². The van der Waals surface area contributed by atoms with Crippen molar-refractivity contribution in [3.05, 3.63) is 29.5 Å². The predicted octanol–water partition coefficient (Wildman–Crippen LogP) is 2.57. The normalized spacial score (nSPS) is 11.5. The number of fused-ring (bicyclic) bond motifs is 1. The second kappa shape index (κ2) is 5.20. The van der Waals surface area contributed by atoms with Crippen LogP contribution in [0.25, 0.3) is 15.3 Å². The Labute approximate surface area is 134 Å². The molecule has 11 heteroatoms. The smallest absolute Gasteiger partial charge is 0.282 e. The van der Waals surface area contributed by atoms with Crippen LogP contribution in [0.4, 0.5) is 5.82 Å². The van der Waals surface area contributed by atoms with E-state index in [-0.39, 0.29) is 16.3 Å². The summed E-state index contributed by atoms with van der Waals surface area (Å²) in [7, 11) is -4.30. The highest BCUT2D eigenvalue weighted by atomic mass is 32.2. The average Bonchev–Trinajstić information content (AvgIpc) is 3.05. The molecule has 0 aliphatic rings. The molecule has 2 aromatic heterocycles. The van der Waals surface area contributed by atoms with Crippen molar-refractivity contribution in [2.75, 3.05) is 0 Å². The number of aromatic nitrogens is 3. The number of hydrogen-bond acceptors (Lipinski definition) is 8. The molecule has 0 fully saturated rings. The number of benzene rings is 1. The van der Waals surface area contributed by atoms with Gasteiger partial charge in [0.1, 0.15) is 11.6 Å². The quantitative estimate of drug-likeness (QED) is 0.549. The summed E-state index contributed by atoms with van der Waals surface area (Å²) in [5.41, 5.74) is 8.31. The highest BCUT2D eigenvalue weighted by Crippen LogP contribution is 2.31. The second-order valence-electron chi connectivity index (χ2n) is 4.52. The fourth-order valence-electron chi connectivity index (χ4n) is 2.03. The number of nitrogens with one attached hydrogen (secondary N) is 1. The number of thiazole rings is 1. The molecule has 3 rings (SSSR count). The molecule has 116 valence electrons. The van der Waals surface area contributed by atoms with E-state index in [0.717, 1.165) is 11.3 Å². The first-order chi connectivity index (χ1) is 10.8. The lowest BCUT2D eigenvalue weighted by Gasteiger charge is -1.96. The van der Waals surface area contributed by atoms with E-state index < -0.39 is 10.1 Å². The van der Waals surface area contributed by atoms with Crippen molar-refractivity contribution in [2.45, 2.75) is 11.8 Å². The van der Waals surface area contributed by atoms with Gasteiger partial charge in [-0.15, -0.1) is 5.11 Å². The average molecular weight is 348 g/mol. The largest absolute Gasteiger partial charge is 0.294 e. The number of aryl methyl sites for hydroxylation is 1. The van der Waals surface area contributed by atoms with E-state index in [2.05, 4.69) is 15.2 Å². The molecule has 9 nitrogen and oxygen atoms in total. The van der Waals surface area contributed by atoms with Gasteiger partial charge in [-0.2, -0.15) is 23.5 Å². The Hall–Kier alpha value is -2.68. The zero-order valence-electron chi connectivity index (χ0n) is 11.5. The Morgan fingerprint density at radius 1 is 1.48 bits per heavy atom. The van der Waals surface area contributed by atoms with E-state index in [0.29, 0.717) is 21.0 Å². The Kier molecular flexibility index (Phi) is 3.44. The summed E-state index contributed by atoms with van der Waals surface area (Å²) in [5, 5.41) is 16.9. The van der Waals surface area contributed by atoms with Crippen LogP contribution in [0.2, 0.25) is 0 Å². The molecular weight excluding hydrogens is 340 g/mol. The third kappa shape index (κ3) is 2.48. The van der Waals surface area contributed by atoms with Gasteiger partial charge in [-0.1, -0.05) is 11.3 Å². The van der Waals surface area contributed by atoms with Crippen molar-refractivity contribution in [3.63, 3.8) is 0 Å². The molecule has 1 aromatic carbocycles. The lowest BCUT2D eigenvalue weighted by Crippen LogP contribution is -1.96. The maximum Gasteiger partial charge on any atom is 0.294 e. The summed E-state index contributed by atoms with van der Waals surface area (Å²) < 4.78 is 33.2. The fourth-order valence-corrected chi connectivity index (χ4v) is 3.57. The van der Waals surface area contributed by atoms with Gasteiger partial charge in [0.05, 0.1) is 20.8 Å². The van der Waals surface area contributed by atoms with Gasteiger partial charge in [0, 0.05) is 0 Å². The molecule has 0 unspecified atom stereocenters. The summed E-state index contributed by atoms with van der Waals surface area (Å²) in [6.45, 7) is 1.62. The highest BCUT2D eigenvalue weighted by molar-refractivity contribution is 7.85. The molecule has 23 heavy (non-hydrogen) atoms. The minimum Gasteiger partial charge on any atom is -0.282 e. The van der Waals surface area contributed by atoms with Crippen molar-refractivity contribution in [1.82, 2.24) is 14.8 Å². The van der Waals surface area contributed by atoms with Gasteiger partial charge in [-0.05, 0) is 25.1 Å². The Balaban J connectivity index is 2.23. The van der Waals surface area contributed by atoms with Gasteiger partial charge in [-0.3, -0.25) is 4.55 Å². The van der Waals surface area contributed by atoms with Crippen molar-refractivity contribution < 1.29 is 13.0 Å². The number of nitrogens with zero attached hydrogens (tertiary/aromatic N) is 5. The summed E-state index contributed by atoms with van der Waals surface area (Å²) in [5.74, 6) is 0.0547. The lowest BCUT2D eigenvalue weighted by atomic mass is 10.3. The minimum atomic E-state index is -4.30. The summed E-state index contributed by atoms with van der Waals surface area (Å²) in [6.07, 6.45) is 0. The van der Waals surface area contributed by atoms with Crippen LogP contribution < -0.4 is 0 Å². The van der Waals surface area contributed by atoms with Crippen LogP contribution in [0.1, 0.15) is 11.3 Å². The Morgan fingerprint density at radius 2 is 2.22 bits per heavy atom. The van der Waals surface area contributed by atoms with E-state index in [4.69, 9.17) is 15.3 Å². The van der Waals surface area contributed by atoms with Crippen LogP contribution >= 0.6 is 11.3 Å². The molecule has 0 radical (unpaired) electrons. The molecule has 0 aliphatic heterocycles. The summed E-state index contributed by atoms with van der Waals surface area (Å²) >= 11 is 1.10. The molecule has 0 amide bonds. The van der Waals surface area contributed by atoms with Crippen LogP contribution in [0.5, 0.6) is 0 Å². The van der Waals surface area contributed by atoms with Gasteiger partial charge in [-0.25, -0.2) is 10.5 Å². The molecule has 2 N–H and O–H groups in total. The third-order valence-electron chi connectivity index (χ3n) is 3.08. The molecule has 0 aliphatic carbocycles. The van der Waals surface area contributed by atoms with Gasteiger partial charge in [0.15, 0.2) is 5.82 Å². The van der Waals surface area contributed by atoms with Gasteiger partial charge in [0.2, 0.25) is 5.13 Å². The van der Waals surface area contributed by atoms with E-state index in [1.807, 2.05) is 6.07 Å². The van der Waals surface area contributed by atoms with Crippen molar-refractivity contribution in [1.29, 1.82) is 10.8 Å². The maximum absolute atomic E-state index is 11.2. The standard InChI is InChI=1S/C12H8N6O3S2/c1-6-8(5-13)11(16-14)18(17-6)12-15-9-3-2-7(23(19,20)21)4-10(9)22-12/h2-4,14H,1H3,(H,19,20,21). The van der Waals surface area contributed by atoms with Crippen LogP contribution in [0.3, 0.4) is 0 Å². The number of nitriles is 1. The Morgan fingerprint density at radius 3 is 2.83 bits per heavy atom. The molecule has 0 saturated heterocycles. The van der Waals surface area contributed by atoms with Crippen LogP contribution in [-0.4, -0.2) is 27.7 Å². The predicted molar refractivity (Wildman–Crippen MR) is 80.8 cm³/mol. The van der Waals surface area contributed by atoms with E-state index in [1.165, 1.54) is 22.9 Å². The molecule has 0 atom stereocenters. The second-order valence-corrected chi connectivity index (χ2v) is 6.95. The zero-order valence-corrected chi connectivity index (χ0v) is 13.2. The van der Waals surface area contributed by atoms with Crippen molar-refractivity contribution in [3.8, 4) is 11.2 Å². The molecule has 0 spiro atoms. The van der Waals surface area contributed by atoms with Crippen molar-refractivity contribution in [2.24, 2.45) is 5.11 Å². The van der Waals surface area contributed by atoms with Crippen LogP contribution in [0.15, 0.2) is 28.2 Å². The first-order valence-corrected chi connectivity index (χ1v) is 8.36. The molecule has 3 aromatic rings. The third-order valence-corrected chi connectivity index (χ3v) is 4.92. The number of hydrogen-bond donors (Lipinski definition) is 2. The topological polar surface area (TPSA) is 145 Å². The lowest BCUT2D eigenvalue weighted by molar-refractivity contribution is 0.483. The highest BCUT2D eigenvalue weighted by Gasteiger charge is 2.19. The van der Waals surface area contributed by atoms with E-state index in [9.17, 15) is 8.42 Å². The Bertz CT molecular complexity index is 1090. The first-order valence-electron chi connectivity index (χ1n) is 6.11. The van der Waals surface area contributed by atoms with Crippen molar-refractivity contribution >= 4 is 37.5 Å². The molecule has 0 saturated carbocycles. The molecule has 2 heterocycles. The zero-order chi connectivity index (χ0) is 16.8. The summed E-state index contributed by atoms with van der Waals surface area (Å²) in [6, 6.07) is 5.93. The number of rotatable bonds is 3.